The summed E-state index contributed by atoms with van der Waals surface area (Å²) in [7, 11) is -3.14. The number of rotatable bonds is 8. The first-order chi connectivity index (χ1) is 9.38. The van der Waals surface area contributed by atoms with Crippen molar-refractivity contribution in [1.29, 1.82) is 0 Å². The van der Waals surface area contributed by atoms with Crippen molar-refractivity contribution in [3.05, 3.63) is 30.3 Å². The molecule has 7 heteroatoms. The van der Waals surface area contributed by atoms with Crippen LogP contribution >= 0.6 is 0 Å². The van der Waals surface area contributed by atoms with Crippen molar-refractivity contribution in [2.45, 2.75) is 19.4 Å². The molecule has 20 heavy (non-hydrogen) atoms. The lowest BCUT2D eigenvalue weighted by atomic mass is 10.2. The van der Waals surface area contributed by atoms with E-state index in [-0.39, 0.29) is 11.9 Å². The average molecular weight is 299 g/mol. The molecule has 0 aromatic heterocycles. The molecule has 1 rings (SSSR count). The molecule has 0 saturated carbocycles. The van der Waals surface area contributed by atoms with Gasteiger partial charge < -0.3 is 10.6 Å². The fraction of sp³-hybridized carbons (Fsp3) is 0.462. The summed E-state index contributed by atoms with van der Waals surface area (Å²) in [4.78, 5) is 11.9. The summed E-state index contributed by atoms with van der Waals surface area (Å²) in [5.41, 5.74) is 0.755. The molecule has 0 aliphatic carbocycles. The maximum atomic E-state index is 11.9. The predicted octanol–water partition coefficient (Wildman–Crippen LogP) is 0.543. The molecule has 0 aliphatic rings. The van der Waals surface area contributed by atoms with Gasteiger partial charge in [0.15, 0.2) is 0 Å². The van der Waals surface area contributed by atoms with Crippen LogP contribution in [-0.2, 0) is 14.8 Å². The number of carbonyl (C=O) groups is 1. The van der Waals surface area contributed by atoms with Crippen LogP contribution in [0.1, 0.15) is 13.3 Å². The summed E-state index contributed by atoms with van der Waals surface area (Å²) >= 11 is 0. The van der Waals surface area contributed by atoms with Crippen LogP contribution in [-0.4, -0.2) is 39.7 Å². The highest BCUT2D eigenvalue weighted by Gasteiger charge is 2.11. The highest BCUT2D eigenvalue weighted by Crippen LogP contribution is 2.05. The van der Waals surface area contributed by atoms with Gasteiger partial charge in [-0.2, -0.15) is 0 Å². The third-order valence-electron chi connectivity index (χ3n) is 2.60. The molecule has 0 saturated heterocycles. The van der Waals surface area contributed by atoms with Gasteiger partial charge in [0.2, 0.25) is 15.9 Å². The fourth-order valence-corrected chi connectivity index (χ4v) is 2.04. The molecule has 1 aromatic rings. The first-order valence-electron chi connectivity index (χ1n) is 6.42. The van der Waals surface area contributed by atoms with Gasteiger partial charge in [0.25, 0.3) is 0 Å². The SMILES string of the molecule is CC(NCCCNS(C)(=O)=O)C(=O)Nc1ccccc1. The van der Waals surface area contributed by atoms with Crippen LogP contribution in [0.4, 0.5) is 5.69 Å². The molecular formula is C13H21N3O3S. The minimum absolute atomic E-state index is 0.118. The van der Waals surface area contributed by atoms with E-state index in [0.29, 0.717) is 19.5 Å². The van der Waals surface area contributed by atoms with E-state index in [1.54, 1.807) is 6.92 Å². The number of nitrogens with one attached hydrogen (secondary N) is 3. The zero-order valence-electron chi connectivity index (χ0n) is 11.7. The van der Waals surface area contributed by atoms with Crippen molar-refractivity contribution in [2.75, 3.05) is 24.7 Å². The summed E-state index contributed by atoms with van der Waals surface area (Å²) in [6, 6.07) is 8.89. The Bertz CT molecular complexity index is 517. The molecule has 1 unspecified atom stereocenters. The molecule has 0 radical (unpaired) electrons. The molecule has 0 spiro atoms. The number of anilines is 1. The second kappa shape index (κ2) is 7.98. The second-order valence-corrected chi connectivity index (χ2v) is 6.38. The monoisotopic (exact) mass is 299 g/mol. The van der Waals surface area contributed by atoms with Gasteiger partial charge in [-0.05, 0) is 32.0 Å². The van der Waals surface area contributed by atoms with Crippen LogP contribution in [0.15, 0.2) is 30.3 Å². The van der Waals surface area contributed by atoms with Gasteiger partial charge in [-0.15, -0.1) is 0 Å². The highest BCUT2D eigenvalue weighted by molar-refractivity contribution is 7.88. The maximum Gasteiger partial charge on any atom is 0.241 e. The molecule has 0 heterocycles. The fourth-order valence-electron chi connectivity index (χ4n) is 1.53. The first-order valence-corrected chi connectivity index (χ1v) is 8.31. The number of amides is 1. The van der Waals surface area contributed by atoms with Crippen LogP contribution < -0.4 is 15.4 Å². The zero-order valence-corrected chi connectivity index (χ0v) is 12.5. The quantitative estimate of drug-likeness (QED) is 0.612. The van der Waals surface area contributed by atoms with Gasteiger partial charge in [-0.1, -0.05) is 18.2 Å². The van der Waals surface area contributed by atoms with Crippen molar-refractivity contribution in [1.82, 2.24) is 10.0 Å². The third-order valence-corrected chi connectivity index (χ3v) is 3.33. The summed E-state index contributed by atoms with van der Waals surface area (Å²) in [5.74, 6) is -0.118. The topological polar surface area (TPSA) is 87.3 Å². The summed E-state index contributed by atoms with van der Waals surface area (Å²) < 4.78 is 24.1. The van der Waals surface area contributed by atoms with Gasteiger partial charge in [0.05, 0.1) is 12.3 Å². The lowest BCUT2D eigenvalue weighted by Gasteiger charge is -2.14. The minimum Gasteiger partial charge on any atom is -0.325 e. The second-order valence-electron chi connectivity index (χ2n) is 4.55. The molecule has 0 fully saturated rings. The molecule has 112 valence electrons. The van der Waals surface area contributed by atoms with E-state index in [0.717, 1.165) is 11.9 Å². The predicted molar refractivity (Wildman–Crippen MR) is 80.0 cm³/mol. The lowest BCUT2D eigenvalue weighted by molar-refractivity contribution is -0.117. The van der Waals surface area contributed by atoms with E-state index >= 15 is 0 Å². The van der Waals surface area contributed by atoms with Crippen LogP contribution in [0.25, 0.3) is 0 Å². The van der Waals surface area contributed by atoms with Gasteiger partial charge >= 0.3 is 0 Å². The van der Waals surface area contributed by atoms with Gasteiger partial charge in [0.1, 0.15) is 0 Å². The molecule has 6 nitrogen and oxygen atoms in total. The third kappa shape index (κ3) is 7.22. The minimum atomic E-state index is -3.14. The molecule has 1 aromatic carbocycles. The Morgan fingerprint density at radius 1 is 1.20 bits per heavy atom. The average Bonchev–Trinajstić information content (AvgIpc) is 2.38. The maximum absolute atomic E-state index is 11.9. The van der Waals surface area contributed by atoms with E-state index in [1.165, 1.54) is 0 Å². The summed E-state index contributed by atoms with van der Waals surface area (Å²) in [6.45, 7) is 2.69. The molecule has 0 aliphatic heterocycles. The van der Waals surface area contributed by atoms with Crippen LogP contribution in [0.5, 0.6) is 0 Å². The van der Waals surface area contributed by atoms with Crippen LogP contribution in [0, 0.1) is 0 Å². The zero-order chi connectivity index (χ0) is 15.0. The standard InChI is InChI=1S/C13H21N3O3S/c1-11(14-9-6-10-15-20(2,18)19)13(17)16-12-7-4-3-5-8-12/h3-5,7-8,11,14-15H,6,9-10H2,1-2H3,(H,16,17). The van der Waals surface area contributed by atoms with Gasteiger partial charge in [-0.3, -0.25) is 4.79 Å². The smallest absolute Gasteiger partial charge is 0.241 e. The molecule has 1 amide bonds. The number of para-hydroxylation sites is 1. The lowest BCUT2D eigenvalue weighted by Crippen LogP contribution is -2.39. The van der Waals surface area contributed by atoms with E-state index in [9.17, 15) is 13.2 Å². The van der Waals surface area contributed by atoms with Crippen LogP contribution in [0.2, 0.25) is 0 Å². The number of hydrogen-bond acceptors (Lipinski definition) is 4. The van der Waals surface area contributed by atoms with E-state index in [1.807, 2.05) is 30.3 Å². The van der Waals surface area contributed by atoms with Crippen molar-refractivity contribution in [3.63, 3.8) is 0 Å². The molecular weight excluding hydrogens is 278 g/mol. The molecule has 3 N–H and O–H groups in total. The number of carbonyl (C=O) groups excluding carboxylic acids is 1. The Labute approximate surface area is 120 Å². The van der Waals surface area contributed by atoms with E-state index < -0.39 is 10.0 Å². The number of benzene rings is 1. The highest BCUT2D eigenvalue weighted by atomic mass is 32.2. The van der Waals surface area contributed by atoms with Crippen LogP contribution in [0.3, 0.4) is 0 Å². The molecule has 1 atom stereocenters. The van der Waals surface area contributed by atoms with Crippen molar-refractivity contribution in [2.24, 2.45) is 0 Å². The normalized spacial score (nSPS) is 12.9. The molecule has 0 bridgehead atoms. The van der Waals surface area contributed by atoms with Crippen molar-refractivity contribution in [3.8, 4) is 0 Å². The Kier molecular flexibility index (Phi) is 6.63. The summed E-state index contributed by atoms with van der Waals surface area (Å²) in [5, 5.41) is 5.84. The van der Waals surface area contributed by atoms with E-state index in [2.05, 4.69) is 15.4 Å². The number of hydrogen-bond donors (Lipinski definition) is 3. The Hall–Kier alpha value is -1.44. The Morgan fingerprint density at radius 3 is 2.45 bits per heavy atom. The van der Waals surface area contributed by atoms with Crippen molar-refractivity contribution < 1.29 is 13.2 Å². The summed E-state index contributed by atoms with van der Waals surface area (Å²) in [6.07, 6.45) is 1.74. The van der Waals surface area contributed by atoms with Gasteiger partial charge in [-0.25, -0.2) is 13.1 Å². The van der Waals surface area contributed by atoms with Gasteiger partial charge in [0, 0.05) is 12.2 Å². The first kappa shape index (κ1) is 16.6. The Morgan fingerprint density at radius 2 is 1.85 bits per heavy atom. The van der Waals surface area contributed by atoms with E-state index in [4.69, 9.17) is 0 Å². The largest absolute Gasteiger partial charge is 0.325 e. The number of sulfonamides is 1. The Balaban J connectivity index is 2.22. The van der Waals surface area contributed by atoms with Crippen molar-refractivity contribution >= 4 is 21.6 Å².